The van der Waals surface area contributed by atoms with Crippen LogP contribution in [0, 0.1) is 11.8 Å². The van der Waals surface area contributed by atoms with E-state index in [0.717, 1.165) is 91.0 Å². The molecule has 2 saturated heterocycles. The maximum absolute atomic E-state index is 5.82. The van der Waals surface area contributed by atoms with Crippen molar-refractivity contribution in [3.63, 3.8) is 0 Å². The second-order valence-electron chi connectivity index (χ2n) is 7.82. The van der Waals surface area contributed by atoms with Crippen molar-refractivity contribution in [3.05, 3.63) is 0 Å². The summed E-state index contributed by atoms with van der Waals surface area (Å²) < 4.78 is 16.7. The number of halogens is 1. The second kappa shape index (κ2) is 15.6. The van der Waals surface area contributed by atoms with E-state index in [0.29, 0.717) is 17.9 Å². The van der Waals surface area contributed by atoms with Gasteiger partial charge in [-0.2, -0.15) is 0 Å². The SMILES string of the molecule is CN=C(NCCCOCC1CCOCC1)NCC(C(C)C)N1CCOCC1.I. The van der Waals surface area contributed by atoms with Gasteiger partial charge in [0.05, 0.1) is 13.2 Å². The summed E-state index contributed by atoms with van der Waals surface area (Å²) in [5.41, 5.74) is 0. The van der Waals surface area contributed by atoms with Gasteiger partial charge in [-0.3, -0.25) is 9.89 Å². The summed E-state index contributed by atoms with van der Waals surface area (Å²) in [4.78, 5) is 6.88. The molecule has 2 heterocycles. The van der Waals surface area contributed by atoms with Gasteiger partial charge >= 0.3 is 0 Å². The van der Waals surface area contributed by atoms with Gasteiger partial charge in [-0.25, -0.2) is 0 Å². The number of rotatable bonds is 10. The van der Waals surface area contributed by atoms with Crippen LogP contribution in [0.1, 0.15) is 33.1 Å². The Morgan fingerprint density at radius 3 is 2.43 bits per heavy atom. The van der Waals surface area contributed by atoms with Gasteiger partial charge in [0.1, 0.15) is 0 Å². The van der Waals surface area contributed by atoms with Crippen LogP contribution >= 0.6 is 24.0 Å². The van der Waals surface area contributed by atoms with Gasteiger partial charge in [0.2, 0.25) is 0 Å². The number of nitrogens with zero attached hydrogens (tertiary/aromatic N) is 2. The molecule has 28 heavy (non-hydrogen) atoms. The van der Waals surface area contributed by atoms with E-state index in [4.69, 9.17) is 14.2 Å². The van der Waals surface area contributed by atoms with Crippen molar-refractivity contribution >= 4 is 29.9 Å². The topological polar surface area (TPSA) is 67.4 Å². The summed E-state index contributed by atoms with van der Waals surface area (Å²) in [5.74, 6) is 2.14. The van der Waals surface area contributed by atoms with Crippen molar-refractivity contribution in [2.45, 2.75) is 39.2 Å². The van der Waals surface area contributed by atoms with Gasteiger partial charge in [0, 0.05) is 65.7 Å². The minimum absolute atomic E-state index is 0. The molecule has 1 atom stereocenters. The lowest BCUT2D eigenvalue weighted by Gasteiger charge is -2.37. The molecule has 0 spiro atoms. The zero-order valence-corrected chi connectivity index (χ0v) is 20.3. The van der Waals surface area contributed by atoms with Crippen LogP contribution in [0.5, 0.6) is 0 Å². The Balaban J connectivity index is 0.00000392. The molecule has 2 rings (SSSR count). The summed E-state index contributed by atoms with van der Waals surface area (Å²) in [5, 5.41) is 6.89. The Morgan fingerprint density at radius 1 is 1.11 bits per heavy atom. The number of hydrogen-bond donors (Lipinski definition) is 2. The second-order valence-corrected chi connectivity index (χ2v) is 7.82. The zero-order valence-electron chi connectivity index (χ0n) is 18.0. The first-order valence-corrected chi connectivity index (χ1v) is 10.6. The monoisotopic (exact) mass is 512 g/mol. The first-order chi connectivity index (χ1) is 13.2. The van der Waals surface area contributed by atoms with Gasteiger partial charge in [0.25, 0.3) is 0 Å². The molecule has 1 unspecified atom stereocenters. The molecule has 0 aromatic heterocycles. The highest BCUT2D eigenvalue weighted by molar-refractivity contribution is 14.0. The molecular formula is C20H41IN4O3. The highest BCUT2D eigenvalue weighted by atomic mass is 127. The smallest absolute Gasteiger partial charge is 0.191 e. The summed E-state index contributed by atoms with van der Waals surface area (Å²) in [6.45, 7) is 13.5. The van der Waals surface area contributed by atoms with Crippen molar-refractivity contribution < 1.29 is 14.2 Å². The van der Waals surface area contributed by atoms with Crippen molar-refractivity contribution in [2.75, 3.05) is 72.9 Å². The number of hydrogen-bond acceptors (Lipinski definition) is 5. The predicted octanol–water partition coefficient (Wildman–Crippen LogP) is 1.96. The zero-order chi connectivity index (χ0) is 19.3. The predicted molar refractivity (Wildman–Crippen MR) is 125 cm³/mol. The molecule has 0 radical (unpaired) electrons. The summed E-state index contributed by atoms with van der Waals surface area (Å²) in [6.07, 6.45) is 3.25. The lowest BCUT2D eigenvalue weighted by Crippen LogP contribution is -2.52. The first kappa shape index (κ1) is 25.9. The van der Waals surface area contributed by atoms with Crippen molar-refractivity contribution in [2.24, 2.45) is 16.8 Å². The van der Waals surface area contributed by atoms with Crippen LogP contribution in [-0.4, -0.2) is 89.8 Å². The average Bonchev–Trinajstić information content (AvgIpc) is 2.70. The number of ether oxygens (including phenoxy) is 3. The first-order valence-electron chi connectivity index (χ1n) is 10.6. The van der Waals surface area contributed by atoms with Crippen LogP contribution in [0.2, 0.25) is 0 Å². The van der Waals surface area contributed by atoms with E-state index in [9.17, 15) is 0 Å². The van der Waals surface area contributed by atoms with E-state index in [1.54, 1.807) is 0 Å². The molecule has 0 saturated carbocycles. The molecule has 0 aromatic rings. The Hall–Kier alpha value is -0.160. The standard InChI is InChI=1S/C20H40N4O3.HI/c1-17(2)19(24-8-13-26-14-9-24)15-23-20(21-3)22-7-4-10-27-16-18-5-11-25-12-6-18;/h17-19H,4-16H2,1-3H3,(H2,21,22,23);1H. The molecule has 2 N–H and O–H groups in total. The number of aliphatic imine (C=N–C) groups is 1. The third-order valence-corrected chi connectivity index (χ3v) is 5.44. The lowest BCUT2D eigenvalue weighted by atomic mass is 10.0. The molecule has 0 amide bonds. The minimum atomic E-state index is 0. The van der Waals surface area contributed by atoms with Crippen LogP contribution in [0.25, 0.3) is 0 Å². The molecule has 0 aliphatic carbocycles. The number of morpholine rings is 1. The van der Waals surface area contributed by atoms with Crippen molar-refractivity contribution in [1.82, 2.24) is 15.5 Å². The fraction of sp³-hybridized carbons (Fsp3) is 0.950. The molecule has 8 heteroatoms. The molecule has 2 fully saturated rings. The van der Waals surface area contributed by atoms with Gasteiger partial charge in [-0.15, -0.1) is 24.0 Å². The van der Waals surface area contributed by atoms with Crippen molar-refractivity contribution in [1.29, 1.82) is 0 Å². The highest BCUT2D eigenvalue weighted by Gasteiger charge is 2.23. The fourth-order valence-electron chi connectivity index (χ4n) is 3.66. The van der Waals surface area contributed by atoms with E-state index in [2.05, 4.69) is 34.4 Å². The highest BCUT2D eigenvalue weighted by Crippen LogP contribution is 2.14. The van der Waals surface area contributed by atoms with E-state index >= 15 is 0 Å². The Kier molecular flexibility index (Phi) is 14.5. The molecule has 2 aliphatic heterocycles. The van der Waals surface area contributed by atoms with E-state index < -0.39 is 0 Å². The molecule has 2 aliphatic rings. The third-order valence-electron chi connectivity index (χ3n) is 5.44. The van der Waals surface area contributed by atoms with E-state index in [-0.39, 0.29) is 24.0 Å². The summed E-state index contributed by atoms with van der Waals surface area (Å²) in [6, 6.07) is 0.496. The molecule has 166 valence electrons. The number of nitrogens with one attached hydrogen (secondary N) is 2. The average molecular weight is 512 g/mol. The number of guanidine groups is 1. The van der Waals surface area contributed by atoms with Crippen LogP contribution in [0.4, 0.5) is 0 Å². The largest absolute Gasteiger partial charge is 0.381 e. The fourth-order valence-corrected chi connectivity index (χ4v) is 3.66. The maximum atomic E-state index is 5.82. The van der Waals surface area contributed by atoms with E-state index in [1.165, 1.54) is 0 Å². The van der Waals surface area contributed by atoms with Crippen LogP contribution in [0.15, 0.2) is 4.99 Å². The van der Waals surface area contributed by atoms with Gasteiger partial charge in [-0.1, -0.05) is 13.8 Å². The van der Waals surface area contributed by atoms with E-state index in [1.807, 2.05) is 7.05 Å². The lowest BCUT2D eigenvalue weighted by molar-refractivity contribution is 0.00751. The summed E-state index contributed by atoms with van der Waals surface area (Å²) in [7, 11) is 1.83. The molecule has 0 aromatic carbocycles. The van der Waals surface area contributed by atoms with Crippen LogP contribution in [0.3, 0.4) is 0 Å². The minimum Gasteiger partial charge on any atom is -0.381 e. The molecular weight excluding hydrogens is 471 g/mol. The van der Waals surface area contributed by atoms with Gasteiger partial charge < -0.3 is 24.8 Å². The molecule has 0 bridgehead atoms. The van der Waals surface area contributed by atoms with Crippen LogP contribution < -0.4 is 10.6 Å². The quantitative estimate of drug-likeness (QED) is 0.202. The molecule has 7 nitrogen and oxygen atoms in total. The Labute approximate surface area is 188 Å². The van der Waals surface area contributed by atoms with Crippen molar-refractivity contribution in [3.8, 4) is 0 Å². The third kappa shape index (κ3) is 10.0. The van der Waals surface area contributed by atoms with Crippen LogP contribution in [-0.2, 0) is 14.2 Å². The van der Waals surface area contributed by atoms with Gasteiger partial charge in [-0.05, 0) is 31.1 Å². The normalized spacial score (nSPS) is 20.6. The maximum Gasteiger partial charge on any atom is 0.191 e. The Morgan fingerprint density at radius 2 is 1.79 bits per heavy atom. The Bertz CT molecular complexity index is 414. The van der Waals surface area contributed by atoms with Gasteiger partial charge in [0.15, 0.2) is 5.96 Å². The summed E-state index contributed by atoms with van der Waals surface area (Å²) >= 11 is 0.